The van der Waals surface area contributed by atoms with Crippen molar-refractivity contribution in [2.24, 2.45) is 0 Å². The zero-order valence-electron chi connectivity index (χ0n) is 10.4. The van der Waals surface area contributed by atoms with Gasteiger partial charge in [-0.3, -0.25) is 9.59 Å². The molecule has 0 bridgehead atoms. The molecule has 0 N–H and O–H groups in total. The molecule has 0 rings (SSSR count). The van der Waals surface area contributed by atoms with Crippen LogP contribution in [0.1, 0.15) is 34.1 Å². The van der Waals surface area contributed by atoms with Gasteiger partial charge in [-0.05, 0) is 20.8 Å². The standard InChI is InChI=1S/C10H20O5Si/c1-5-13-16(7-3,14-6-2)15-10(12)8-9(4)11/h5-8H2,1-4H3. The van der Waals surface area contributed by atoms with Crippen molar-refractivity contribution in [3.05, 3.63) is 0 Å². The lowest BCUT2D eigenvalue weighted by Gasteiger charge is -2.26. The molecule has 0 fully saturated rings. The van der Waals surface area contributed by atoms with E-state index >= 15 is 0 Å². The molecule has 0 saturated carbocycles. The highest BCUT2D eigenvalue weighted by molar-refractivity contribution is 6.62. The van der Waals surface area contributed by atoms with Gasteiger partial charge in [-0.15, -0.1) is 0 Å². The van der Waals surface area contributed by atoms with Crippen LogP contribution in [0, 0.1) is 0 Å². The summed E-state index contributed by atoms with van der Waals surface area (Å²) in [7, 11) is -2.90. The molecule has 0 atom stereocenters. The molecule has 5 nitrogen and oxygen atoms in total. The molecular formula is C10H20O5Si. The summed E-state index contributed by atoms with van der Waals surface area (Å²) in [5, 5.41) is 0. The summed E-state index contributed by atoms with van der Waals surface area (Å²) in [6.07, 6.45) is -0.227. The summed E-state index contributed by atoms with van der Waals surface area (Å²) < 4.78 is 16.1. The zero-order valence-corrected chi connectivity index (χ0v) is 11.4. The second kappa shape index (κ2) is 7.53. The van der Waals surface area contributed by atoms with E-state index < -0.39 is 14.8 Å². The van der Waals surface area contributed by atoms with Crippen molar-refractivity contribution in [2.75, 3.05) is 13.2 Å². The first-order valence-electron chi connectivity index (χ1n) is 5.48. The van der Waals surface area contributed by atoms with Crippen molar-refractivity contribution in [3.8, 4) is 0 Å². The minimum absolute atomic E-state index is 0.225. The monoisotopic (exact) mass is 248 g/mol. The molecule has 0 aromatic heterocycles. The number of carbonyl (C=O) groups excluding carboxylic acids is 2. The first-order chi connectivity index (χ1) is 7.49. The maximum absolute atomic E-state index is 11.4. The highest BCUT2D eigenvalue weighted by Gasteiger charge is 2.42. The minimum Gasteiger partial charge on any atom is -0.473 e. The van der Waals surface area contributed by atoms with Gasteiger partial charge in [0.2, 0.25) is 0 Å². The van der Waals surface area contributed by atoms with Gasteiger partial charge in [0.15, 0.2) is 0 Å². The average Bonchev–Trinajstić information content (AvgIpc) is 2.16. The summed E-state index contributed by atoms with van der Waals surface area (Å²) in [4.78, 5) is 22.2. The average molecular weight is 248 g/mol. The predicted molar refractivity (Wildman–Crippen MR) is 60.9 cm³/mol. The third-order valence-electron chi connectivity index (χ3n) is 1.82. The van der Waals surface area contributed by atoms with E-state index in [0.29, 0.717) is 19.3 Å². The van der Waals surface area contributed by atoms with Crippen LogP contribution < -0.4 is 0 Å². The van der Waals surface area contributed by atoms with Crippen molar-refractivity contribution in [1.82, 2.24) is 0 Å². The van der Waals surface area contributed by atoms with E-state index in [2.05, 4.69) is 0 Å². The number of hydrogen-bond donors (Lipinski definition) is 0. The van der Waals surface area contributed by atoms with Crippen LogP contribution in [0.3, 0.4) is 0 Å². The molecule has 0 unspecified atom stereocenters. The predicted octanol–water partition coefficient (Wildman–Crippen LogP) is 1.54. The van der Waals surface area contributed by atoms with Crippen LogP contribution in [0.5, 0.6) is 0 Å². The number of Topliss-reactive ketones (excluding diaryl/α,β-unsaturated/α-hetero) is 1. The van der Waals surface area contributed by atoms with Crippen molar-refractivity contribution >= 4 is 20.6 Å². The van der Waals surface area contributed by atoms with Crippen LogP contribution in [0.2, 0.25) is 6.04 Å². The SMILES string of the molecule is CCO[Si](CC)(OCC)OC(=O)CC(C)=O. The second-order valence-corrected chi connectivity index (χ2v) is 6.11. The topological polar surface area (TPSA) is 61.8 Å². The number of rotatable bonds is 8. The quantitative estimate of drug-likeness (QED) is 0.481. The lowest BCUT2D eigenvalue weighted by molar-refractivity contribution is -0.141. The van der Waals surface area contributed by atoms with Gasteiger partial charge in [-0.25, -0.2) is 0 Å². The molecule has 0 spiro atoms. The van der Waals surface area contributed by atoms with Crippen LogP contribution >= 0.6 is 0 Å². The molecule has 94 valence electrons. The van der Waals surface area contributed by atoms with Crippen LogP contribution in [0.25, 0.3) is 0 Å². The van der Waals surface area contributed by atoms with Gasteiger partial charge in [0.05, 0.1) is 0 Å². The smallest absolute Gasteiger partial charge is 0.473 e. The largest absolute Gasteiger partial charge is 0.567 e. The Kier molecular flexibility index (Phi) is 7.19. The molecule has 0 aromatic carbocycles. The first-order valence-corrected chi connectivity index (χ1v) is 7.42. The molecule has 0 aliphatic carbocycles. The molecule has 0 aliphatic heterocycles. The third kappa shape index (κ3) is 5.39. The van der Waals surface area contributed by atoms with Gasteiger partial charge in [-0.2, -0.15) is 0 Å². The Hall–Kier alpha value is -0.723. The molecular weight excluding hydrogens is 228 g/mol. The van der Waals surface area contributed by atoms with Crippen LogP contribution in [0.15, 0.2) is 0 Å². The van der Waals surface area contributed by atoms with E-state index in [0.717, 1.165) is 0 Å². The van der Waals surface area contributed by atoms with E-state index in [1.54, 1.807) is 0 Å². The van der Waals surface area contributed by atoms with E-state index in [-0.39, 0.29) is 12.2 Å². The molecule has 0 saturated heterocycles. The van der Waals surface area contributed by atoms with Crippen LogP contribution in [-0.2, 0) is 22.9 Å². The summed E-state index contributed by atoms with van der Waals surface area (Å²) >= 11 is 0. The lowest BCUT2D eigenvalue weighted by Crippen LogP contribution is -2.47. The molecule has 0 amide bonds. The van der Waals surface area contributed by atoms with Gasteiger partial charge in [0.1, 0.15) is 12.2 Å². The lowest BCUT2D eigenvalue weighted by atomic mass is 10.3. The Morgan fingerprint density at radius 3 is 1.88 bits per heavy atom. The highest BCUT2D eigenvalue weighted by atomic mass is 28.4. The maximum atomic E-state index is 11.4. The molecule has 16 heavy (non-hydrogen) atoms. The third-order valence-corrected chi connectivity index (χ3v) is 4.69. The highest BCUT2D eigenvalue weighted by Crippen LogP contribution is 2.16. The summed E-state index contributed by atoms with van der Waals surface area (Å²) in [5.74, 6) is -0.792. The Labute approximate surface area is 97.4 Å². The van der Waals surface area contributed by atoms with Crippen LogP contribution in [0.4, 0.5) is 0 Å². The second-order valence-electron chi connectivity index (χ2n) is 3.26. The van der Waals surface area contributed by atoms with Crippen LogP contribution in [-0.4, -0.2) is 33.8 Å². The number of ketones is 1. The van der Waals surface area contributed by atoms with E-state index in [9.17, 15) is 9.59 Å². The molecule has 0 aromatic rings. The number of hydrogen-bond acceptors (Lipinski definition) is 5. The van der Waals surface area contributed by atoms with E-state index in [4.69, 9.17) is 13.3 Å². The van der Waals surface area contributed by atoms with Gasteiger partial charge in [0.25, 0.3) is 0 Å². The van der Waals surface area contributed by atoms with Gasteiger partial charge >= 0.3 is 14.8 Å². The fourth-order valence-corrected chi connectivity index (χ4v) is 3.28. The zero-order chi connectivity index (χ0) is 12.6. The van der Waals surface area contributed by atoms with Gasteiger partial charge in [0, 0.05) is 19.3 Å². The van der Waals surface area contributed by atoms with Crippen molar-refractivity contribution < 1.29 is 22.9 Å². The number of carbonyl (C=O) groups is 2. The first kappa shape index (κ1) is 15.3. The Morgan fingerprint density at radius 2 is 1.56 bits per heavy atom. The van der Waals surface area contributed by atoms with Crippen molar-refractivity contribution in [2.45, 2.75) is 40.2 Å². The Morgan fingerprint density at radius 1 is 1.06 bits per heavy atom. The van der Waals surface area contributed by atoms with Crippen molar-refractivity contribution in [3.63, 3.8) is 0 Å². The summed E-state index contributed by atoms with van der Waals surface area (Å²) in [5.41, 5.74) is 0. The Bertz CT molecular complexity index is 235. The minimum atomic E-state index is -2.90. The molecule has 6 heteroatoms. The molecule has 0 aliphatic rings. The molecule has 0 radical (unpaired) electrons. The summed E-state index contributed by atoms with van der Waals surface area (Å²) in [6, 6.07) is 0.512. The normalized spacial score (nSPS) is 11.2. The Balaban J connectivity index is 4.50. The van der Waals surface area contributed by atoms with Crippen molar-refractivity contribution in [1.29, 1.82) is 0 Å². The fourth-order valence-electron chi connectivity index (χ4n) is 1.23. The fraction of sp³-hybridized carbons (Fsp3) is 0.800. The van der Waals surface area contributed by atoms with Gasteiger partial charge in [-0.1, -0.05) is 6.92 Å². The molecule has 0 heterocycles. The maximum Gasteiger partial charge on any atom is 0.567 e. The van der Waals surface area contributed by atoms with E-state index in [1.807, 2.05) is 20.8 Å². The van der Waals surface area contributed by atoms with Gasteiger partial charge < -0.3 is 13.3 Å². The van der Waals surface area contributed by atoms with E-state index in [1.165, 1.54) is 6.92 Å². The summed E-state index contributed by atoms with van der Waals surface area (Å²) in [6.45, 7) is 7.67.